The normalized spacial score (nSPS) is 15.4. The van der Waals surface area contributed by atoms with Crippen molar-refractivity contribution in [3.63, 3.8) is 0 Å². The van der Waals surface area contributed by atoms with Crippen LogP contribution in [0.1, 0.15) is 44.0 Å². The summed E-state index contributed by atoms with van der Waals surface area (Å²) >= 11 is 0. The number of methoxy groups -OCH3 is 1. The van der Waals surface area contributed by atoms with Crippen molar-refractivity contribution in [2.45, 2.75) is 50.7 Å². The van der Waals surface area contributed by atoms with Crippen LogP contribution in [0.2, 0.25) is 0 Å². The van der Waals surface area contributed by atoms with Gasteiger partial charge >= 0.3 is 0 Å². The number of carbonyl (C=O) groups is 1. The van der Waals surface area contributed by atoms with Gasteiger partial charge in [0, 0.05) is 12.0 Å². The van der Waals surface area contributed by atoms with E-state index in [1.165, 1.54) is 0 Å². The first-order chi connectivity index (χ1) is 12.6. The second kappa shape index (κ2) is 6.99. The van der Waals surface area contributed by atoms with Crippen LogP contribution in [-0.4, -0.2) is 31.2 Å². The van der Waals surface area contributed by atoms with Crippen molar-refractivity contribution < 1.29 is 17.9 Å². The first-order valence-electron chi connectivity index (χ1n) is 8.83. The first kappa shape index (κ1) is 19.4. The lowest BCUT2D eigenvalue weighted by Crippen LogP contribution is -2.27. The van der Waals surface area contributed by atoms with Crippen LogP contribution in [0.4, 0.5) is 5.82 Å². The van der Waals surface area contributed by atoms with E-state index in [-0.39, 0.29) is 23.0 Å². The number of amides is 1. The summed E-state index contributed by atoms with van der Waals surface area (Å²) in [6.07, 6.45) is 0.878. The molecule has 8 heteroatoms. The average molecular weight is 391 g/mol. The zero-order valence-electron chi connectivity index (χ0n) is 16.1. The van der Waals surface area contributed by atoms with E-state index in [0.29, 0.717) is 29.9 Å². The predicted molar refractivity (Wildman–Crippen MR) is 103 cm³/mol. The summed E-state index contributed by atoms with van der Waals surface area (Å²) in [5.74, 6) is 0.961. The van der Waals surface area contributed by atoms with Gasteiger partial charge in [0.25, 0.3) is 0 Å². The molecule has 7 nitrogen and oxygen atoms in total. The number of hydrogen-bond acceptors (Lipinski definition) is 5. The molecular formula is C19H25N3O4S. The Morgan fingerprint density at radius 1 is 1.22 bits per heavy atom. The number of rotatable bonds is 5. The van der Waals surface area contributed by atoms with Crippen molar-refractivity contribution >= 4 is 21.6 Å². The average Bonchev–Trinajstić information content (AvgIpc) is 3.06. The van der Waals surface area contributed by atoms with Crippen molar-refractivity contribution in [1.29, 1.82) is 0 Å². The summed E-state index contributed by atoms with van der Waals surface area (Å²) < 4.78 is 30.7. The van der Waals surface area contributed by atoms with E-state index >= 15 is 0 Å². The molecule has 0 bridgehead atoms. The van der Waals surface area contributed by atoms with Gasteiger partial charge in [0.2, 0.25) is 5.91 Å². The number of fused-ring (bicyclic) bond motifs is 1. The molecule has 0 saturated heterocycles. The topological polar surface area (TPSA) is 90.3 Å². The summed E-state index contributed by atoms with van der Waals surface area (Å²) in [6, 6.07) is 7.57. The van der Waals surface area contributed by atoms with E-state index in [9.17, 15) is 13.2 Å². The summed E-state index contributed by atoms with van der Waals surface area (Å²) in [5, 5.41) is 7.36. The van der Waals surface area contributed by atoms with Gasteiger partial charge in [-0.1, -0.05) is 12.1 Å². The second-order valence-electron chi connectivity index (χ2n) is 7.78. The Bertz CT molecular complexity index is 954. The lowest BCUT2D eigenvalue weighted by Gasteiger charge is -2.23. The Kier molecular flexibility index (Phi) is 5.03. The van der Waals surface area contributed by atoms with Gasteiger partial charge in [0.15, 0.2) is 9.84 Å². The van der Waals surface area contributed by atoms with Gasteiger partial charge in [-0.25, -0.2) is 13.1 Å². The van der Waals surface area contributed by atoms with Crippen LogP contribution in [0.15, 0.2) is 24.3 Å². The first-order valence-corrected chi connectivity index (χ1v) is 10.7. The van der Waals surface area contributed by atoms with E-state index in [0.717, 1.165) is 11.3 Å². The fourth-order valence-electron chi connectivity index (χ4n) is 3.10. The minimum absolute atomic E-state index is 0.0693. The highest BCUT2D eigenvalue weighted by Gasteiger charge is 2.35. The Balaban J connectivity index is 1.75. The van der Waals surface area contributed by atoms with Crippen LogP contribution in [0.3, 0.4) is 0 Å². The number of hydrogen-bond donors (Lipinski definition) is 1. The van der Waals surface area contributed by atoms with Crippen LogP contribution in [0.5, 0.6) is 5.75 Å². The quantitative estimate of drug-likeness (QED) is 0.846. The largest absolute Gasteiger partial charge is 0.497 e. The maximum Gasteiger partial charge on any atom is 0.225 e. The number of aromatic nitrogens is 2. The summed E-state index contributed by atoms with van der Waals surface area (Å²) in [4.78, 5) is 12.5. The molecule has 2 aromatic rings. The van der Waals surface area contributed by atoms with Crippen molar-refractivity contribution in [3.05, 3.63) is 41.1 Å². The number of anilines is 1. The molecule has 1 aromatic carbocycles. The molecule has 0 atom stereocenters. The molecular weight excluding hydrogens is 366 g/mol. The van der Waals surface area contributed by atoms with E-state index < -0.39 is 9.84 Å². The second-order valence-corrected chi connectivity index (χ2v) is 9.85. The van der Waals surface area contributed by atoms with E-state index in [2.05, 4.69) is 10.4 Å². The molecule has 1 aliphatic rings. The molecule has 0 saturated carbocycles. The van der Waals surface area contributed by atoms with Gasteiger partial charge in [-0.3, -0.25) is 4.79 Å². The number of carbonyl (C=O) groups excluding carboxylic acids is 1. The fraction of sp³-hybridized carbons (Fsp3) is 0.474. The van der Waals surface area contributed by atoms with E-state index in [4.69, 9.17) is 4.74 Å². The number of sulfone groups is 1. The van der Waals surface area contributed by atoms with Crippen LogP contribution >= 0.6 is 0 Å². The lowest BCUT2D eigenvalue weighted by molar-refractivity contribution is -0.116. The molecule has 0 aliphatic carbocycles. The lowest BCUT2D eigenvalue weighted by atomic mass is 10.1. The van der Waals surface area contributed by atoms with Gasteiger partial charge in [0.05, 0.1) is 29.8 Å². The van der Waals surface area contributed by atoms with Crippen molar-refractivity contribution in [2.75, 3.05) is 12.4 Å². The van der Waals surface area contributed by atoms with Crippen LogP contribution in [-0.2, 0) is 38.1 Å². The predicted octanol–water partition coefficient (Wildman–Crippen LogP) is 2.65. The Labute approximate surface area is 159 Å². The van der Waals surface area contributed by atoms with Crippen LogP contribution in [0, 0.1) is 0 Å². The highest BCUT2D eigenvalue weighted by atomic mass is 32.2. The Morgan fingerprint density at radius 2 is 1.89 bits per heavy atom. The van der Waals surface area contributed by atoms with E-state index in [1.807, 2.05) is 45.0 Å². The number of nitrogens with zero attached hydrogens (tertiary/aromatic N) is 2. The summed E-state index contributed by atoms with van der Waals surface area (Å²) in [6.45, 7) is 5.91. The standard InChI is InChI=1S/C19H25N3O4S/c1-19(2,3)22-18(15-11-27(24,25)12-16(15)21-22)20-17(23)10-7-13-5-8-14(26-4)9-6-13/h5-6,8-9H,7,10-12H2,1-4H3,(H,20,23). The van der Waals surface area contributed by atoms with Gasteiger partial charge in [-0.2, -0.15) is 5.10 Å². The molecule has 146 valence electrons. The maximum atomic E-state index is 12.5. The number of aryl methyl sites for hydroxylation is 1. The van der Waals surface area contributed by atoms with Gasteiger partial charge in [-0.05, 0) is 44.9 Å². The zero-order valence-corrected chi connectivity index (χ0v) is 16.9. The number of ether oxygens (including phenoxy) is 1. The monoisotopic (exact) mass is 391 g/mol. The minimum atomic E-state index is -3.18. The molecule has 1 aromatic heterocycles. The molecule has 0 spiro atoms. The van der Waals surface area contributed by atoms with Crippen LogP contribution in [0.25, 0.3) is 0 Å². The molecule has 27 heavy (non-hydrogen) atoms. The van der Waals surface area contributed by atoms with Crippen LogP contribution < -0.4 is 10.1 Å². The van der Waals surface area contributed by atoms with Crippen molar-refractivity contribution in [3.8, 4) is 5.75 Å². The zero-order chi connectivity index (χ0) is 19.8. The summed E-state index contributed by atoms with van der Waals surface area (Å²) in [7, 11) is -1.57. The third-order valence-electron chi connectivity index (χ3n) is 4.48. The summed E-state index contributed by atoms with van der Waals surface area (Å²) in [5.41, 5.74) is 1.81. The highest BCUT2D eigenvalue weighted by molar-refractivity contribution is 7.90. The van der Waals surface area contributed by atoms with E-state index in [1.54, 1.807) is 11.8 Å². The fourth-order valence-corrected chi connectivity index (χ4v) is 4.59. The molecule has 0 fully saturated rings. The molecule has 0 radical (unpaired) electrons. The molecule has 2 heterocycles. The third-order valence-corrected chi connectivity index (χ3v) is 5.92. The highest BCUT2D eigenvalue weighted by Crippen LogP contribution is 2.34. The number of benzene rings is 1. The third kappa shape index (κ3) is 4.32. The smallest absolute Gasteiger partial charge is 0.225 e. The molecule has 1 amide bonds. The minimum Gasteiger partial charge on any atom is -0.497 e. The van der Waals surface area contributed by atoms with Gasteiger partial charge in [0.1, 0.15) is 11.6 Å². The van der Waals surface area contributed by atoms with Gasteiger partial charge < -0.3 is 10.1 Å². The Morgan fingerprint density at radius 3 is 2.48 bits per heavy atom. The molecule has 0 unspecified atom stereocenters. The molecule has 1 N–H and O–H groups in total. The van der Waals surface area contributed by atoms with Gasteiger partial charge in [-0.15, -0.1) is 0 Å². The molecule has 3 rings (SSSR count). The molecule has 1 aliphatic heterocycles. The number of nitrogens with one attached hydrogen (secondary N) is 1. The SMILES string of the molecule is COc1ccc(CCC(=O)Nc2c3c(nn2C(C)(C)C)CS(=O)(=O)C3)cc1. The van der Waals surface area contributed by atoms with Crippen molar-refractivity contribution in [1.82, 2.24) is 9.78 Å². The van der Waals surface area contributed by atoms with Crippen molar-refractivity contribution in [2.24, 2.45) is 0 Å². The maximum absolute atomic E-state index is 12.5. The Hall–Kier alpha value is -2.35.